The largest absolute Gasteiger partial charge is 0.483 e. The minimum atomic E-state index is -0.646. The molecule has 0 saturated carbocycles. The van der Waals surface area contributed by atoms with E-state index in [2.05, 4.69) is 21.2 Å². The lowest BCUT2D eigenvalue weighted by Crippen LogP contribution is -2.20. The summed E-state index contributed by atoms with van der Waals surface area (Å²) in [5, 5.41) is 12.4. The fourth-order valence-corrected chi connectivity index (χ4v) is 2.23. The smallest absolute Gasteiger partial charge is 0.262 e. The lowest BCUT2D eigenvalue weighted by Gasteiger charge is -2.13. The van der Waals surface area contributed by atoms with Gasteiger partial charge >= 0.3 is 0 Å². The van der Waals surface area contributed by atoms with Crippen LogP contribution in [-0.4, -0.2) is 17.6 Å². The number of aliphatic hydroxyl groups excluding tert-OH is 1. The van der Waals surface area contributed by atoms with Crippen molar-refractivity contribution in [3.05, 3.63) is 58.6 Å². The fourth-order valence-electron chi connectivity index (χ4n) is 1.85. The van der Waals surface area contributed by atoms with Crippen molar-refractivity contribution < 1.29 is 14.6 Å². The molecule has 0 saturated heterocycles. The number of ether oxygens (including phenoxy) is 1. The lowest BCUT2D eigenvalue weighted by molar-refractivity contribution is -0.118. The Morgan fingerprint density at radius 1 is 1.24 bits per heavy atom. The van der Waals surface area contributed by atoms with Gasteiger partial charge in [-0.1, -0.05) is 30.3 Å². The van der Waals surface area contributed by atoms with Crippen molar-refractivity contribution in [3.8, 4) is 5.75 Å². The highest BCUT2D eigenvalue weighted by Crippen LogP contribution is 2.25. The molecule has 2 rings (SSSR count). The Morgan fingerprint density at radius 2 is 1.90 bits per heavy atom. The highest BCUT2D eigenvalue weighted by Gasteiger charge is 2.11. The van der Waals surface area contributed by atoms with Gasteiger partial charge in [0.25, 0.3) is 5.91 Å². The van der Waals surface area contributed by atoms with Gasteiger partial charge in [0, 0.05) is 10.0 Å². The molecule has 0 spiro atoms. The maximum atomic E-state index is 11.9. The molecule has 0 aromatic heterocycles. The molecule has 0 aliphatic rings. The van der Waals surface area contributed by atoms with Crippen LogP contribution >= 0.6 is 15.9 Å². The molecule has 1 atom stereocenters. The van der Waals surface area contributed by atoms with Gasteiger partial charge in [0.2, 0.25) is 0 Å². The number of nitrogens with one attached hydrogen (secondary N) is 1. The summed E-state index contributed by atoms with van der Waals surface area (Å²) in [6.07, 6.45) is -0.646. The molecule has 2 aromatic rings. The van der Waals surface area contributed by atoms with Crippen molar-refractivity contribution in [3.63, 3.8) is 0 Å². The molecule has 110 valence electrons. The van der Waals surface area contributed by atoms with Crippen molar-refractivity contribution in [2.45, 2.75) is 13.0 Å². The number of carbonyl (C=O) groups excluding carboxylic acids is 1. The molecule has 0 heterocycles. The maximum absolute atomic E-state index is 11.9. The van der Waals surface area contributed by atoms with Crippen LogP contribution in [0, 0.1) is 0 Å². The van der Waals surface area contributed by atoms with Crippen LogP contribution in [0.3, 0.4) is 0 Å². The molecule has 2 N–H and O–H groups in total. The number of anilines is 1. The molecule has 5 heteroatoms. The van der Waals surface area contributed by atoms with Gasteiger partial charge in [0.15, 0.2) is 6.61 Å². The van der Waals surface area contributed by atoms with Crippen molar-refractivity contribution in [1.82, 2.24) is 0 Å². The van der Waals surface area contributed by atoms with Gasteiger partial charge in [0.05, 0.1) is 11.8 Å². The van der Waals surface area contributed by atoms with Crippen LogP contribution in [0.1, 0.15) is 18.6 Å². The molecule has 0 fully saturated rings. The first-order valence-corrected chi connectivity index (χ1v) is 7.31. The van der Waals surface area contributed by atoms with E-state index >= 15 is 0 Å². The quantitative estimate of drug-likeness (QED) is 0.868. The number of hydrogen-bond donors (Lipinski definition) is 2. The number of hydrogen-bond acceptors (Lipinski definition) is 3. The number of rotatable bonds is 5. The summed E-state index contributed by atoms with van der Waals surface area (Å²) in [4.78, 5) is 11.9. The van der Waals surface area contributed by atoms with Crippen molar-refractivity contribution >= 4 is 27.5 Å². The Morgan fingerprint density at radius 3 is 2.62 bits per heavy atom. The van der Waals surface area contributed by atoms with Crippen LogP contribution in [0.5, 0.6) is 5.75 Å². The van der Waals surface area contributed by atoms with Crippen LogP contribution < -0.4 is 10.1 Å². The topological polar surface area (TPSA) is 58.6 Å². The second kappa shape index (κ2) is 7.24. The monoisotopic (exact) mass is 349 g/mol. The zero-order chi connectivity index (χ0) is 15.2. The van der Waals surface area contributed by atoms with Crippen molar-refractivity contribution in [1.29, 1.82) is 0 Å². The van der Waals surface area contributed by atoms with Gasteiger partial charge in [-0.05, 0) is 41.1 Å². The van der Waals surface area contributed by atoms with Gasteiger partial charge in [-0.3, -0.25) is 4.79 Å². The Balaban J connectivity index is 1.97. The number of benzene rings is 2. The van der Waals surface area contributed by atoms with Gasteiger partial charge in [-0.2, -0.15) is 0 Å². The Kier molecular flexibility index (Phi) is 5.36. The summed E-state index contributed by atoms with van der Waals surface area (Å²) in [5.74, 6) is 0.247. The van der Waals surface area contributed by atoms with E-state index in [-0.39, 0.29) is 12.5 Å². The average molecular weight is 350 g/mol. The molecule has 1 amide bonds. The summed E-state index contributed by atoms with van der Waals surface area (Å²) in [5.41, 5.74) is 1.35. The molecule has 4 nitrogen and oxygen atoms in total. The second-order valence-corrected chi connectivity index (χ2v) is 5.38. The Hall–Kier alpha value is -1.85. The minimum Gasteiger partial charge on any atom is -0.483 e. The van der Waals surface area contributed by atoms with E-state index in [1.54, 1.807) is 31.2 Å². The van der Waals surface area contributed by atoms with Gasteiger partial charge in [-0.25, -0.2) is 0 Å². The van der Waals surface area contributed by atoms with Gasteiger partial charge < -0.3 is 15.2 Å². The highest BCUT2D eigenvalue weighted by molar-refractivity contribution is 9.10. The summed E-state index contributed by atoms with van der Waals surface area (Å²) in [6, 6.07) is 14.5. The van der Waals surface area contributed by atoms with E-state index in [9.17, 15) is 9.90 Å². The Bertz CT molecular complexity index is 628. The zero-order valence-corrected chi connectivity index (χ0v) is 13.1. The molecular formula is C16H16BrNO3. The number of halogens is 1. The van der Waals surface area contributed by atoms with Crippen LogP contribution in [0.25, 0.3) is 0 Å². The van der Waals surface area contributed by atoms with Crippen molar-refractivity contribution in [2.75, 3.05) is 11.9 Å². The van der Waals surface area contributed by atoms with E-state index in [1.165, 1.54) is 0 Å². The molecular weight excluding hydrogens is 334 g/mol. The predicted octanol–water partition coefficient (Wildman–Crippen LogP) is 3.52. The third-order valence-corrected chi connectivity index (χ3v) is 3.57. The first-order valence-electron chi connectivity index (χ1n) is 6.52. The highest BCUT2D eigenvalue weighted by atomic mass is 79.9. The SMILES string of the molecule is C[C@@H](O)c1ccccc1OCC(=O)Nc1ccccc1Br. The van der Waals surface area contributed by atoms with E-state index in [4.69, 9.17) is 4.74 Å². The van der Waals surface area contributed by atoms with Crippen molar-refractivity contribution in [2.24, 2.45) is 0 Å². The molecule has 0 aliphatic heterocycles. The summed E-state index contributed by atoms with van der Waals surface area (Å²) in [6.45, 7) is 1.54. The van der Waals surface area contributed by atoms with E-state index in [0.29, 0.717) is 17.0 Å². The summed E-state index contributed by atoms with van der Waals surface area (Å²) >= 11 is 3.36. The molecule has 0 aliphatic carbocycles. The predicted molar refractivity (Wildman–Crippen MR) is 85.3 cm³/mol. The minimum absolute atomic E-state index is 0.120. The maximum Gasteiger partial charge on any atom is 0.262 e. The van der Waals surface area contributed by atoms with Crippen LogP contribution in [0.15, 0.2) is 53.0 Å². The molecule has 0 radical (unpaired) electrons. The number of para-hydroxylation sites is 2. The fraction of sp³-hybridized carbons (Fsp3) is 0.188. The first kappa shape index (κ1) is 15.5. The third kappa shape index (κ3) is 4.31. The molecule has 0 bridgehead atoms. The van der Waals surface area contributed by atoms with Crippen LogP contribution in [0.2, 0.25) is 0 Å². The number of aliphatic hydroxyl groups is 1. The second-order valence-electron chi connectivity index (χ2n) is 4.53. The van der Waals surface area contributed by atoms with E-state index in [1.807, 2.05) is 24.3 Å². The number of amides is 1. The van der Waals surface area contributed by atoms with E-state index < -0.39 is 6.10 Å². The summed E-state index contributed by atoms with van der Waals surface area (Å²) < 4.78 is 6.29. The third-order valence-electron chi connectivity index (χ3n) is 2.88. The van der Waals surface area contributed by atoms with Crippen LogP contribution in [0.4, 0.5) is 5.69 Å². The normalized spacial score (nSPS) is 11.8. The van der Waals surface area contributed by atoms with Gasteiger partial charge in [0.1, 0.15) is 5.75 Å². The standard InChI is InChI=1S/C16H16BrNO3/c1-11(19)12-6-2-5-9-15(12)21-10-16(20)18-14-8-4-3-7-13(14)17/h2-9,11,19H,10H2,1H3,(H,18,20)/t11-/m1/s1. The van der Waals surface area contributed by atoms with Crippen LogP contribution in [-0.2, 0) is 4.79 Å². The molecule has 21 heavy (non-hydrogen) atoms. The zero-order valence-electron chi connectivity index (χ0n) is 11.5. The number of carbonyl (C=O) groups is 1. The lowest BCUT2D eigenvalue weighted by atomic mass is 10.1. The van der Waals surface area contributed by atoms with E-state index in [0.717, 1.165) is 4.47 Å². The van der Waals surface area contributed by atoms with Gasteiger partial charge in [-0.15, -0.1) is 0 Å². The summed E-state index contributed by atoms with van der Waals surface area (Å²) in [7, 11) is 0. The molecule has 0 unspecified atom stereocenters. The molecule has 2 aromatic carbocycles. The first-order chi connectivity index (χ1) is 10.1. The Labute approximate surface area is 131 Å². The average Bonchev–Trinajstić information content (AvgIpc) is 2.48.